The highest BCUT2D eigenvalue weighted by Crippen LogP contribution is 2.22. The summed E-state index contributed by atoms with van der Waals surface area (Å²) in [5.41, 5.74) is 5.84. The molecule has 0 aliphatic heterocycles. The average molecular weight is 342 g/mol. The first kappa shape index (κ1) is 19.8. The minimum Gasteiger partial charge on any atom is -0.348 e. The van der Waals surface area contributed by atoms with Crippen LogP contribution in [0.25, 0.3) is 5.57 Å². The Balaban J connectivity index is 0.000000197. The van der Waals surface area contributed by atoms with Gasteiger partial charge in [-0.15, -0.1) is 5.98 Å². The van der Waals surface area contributed by atoms with Gasteiger partial charge in [-0.25, -0.2) is 4.98 Å². The lowest BCUT2D eigenvalue weighted by Gasteiger charge is -2.07. The molecule has 2 radical (unpaired) electrons. The molecule has 3 rings (SSSR count). The van der Waals surface area contributed by atoms with Crippen LogP contribution in [0.4, 0.5) is 0 Å². The first-order valence-electron chi connectivity index (χ1n) is 9.10. The van der Waals surface area contributed by atoms with E-state index in [1.807, 2.05) is 36.4 Å². The van der Waals surface area contributed by atoms with E-state index < -0.39 is 0 Å². The predicted octanol–water partition coefficient (Wildman–Crippen LogP) is 5.90. The topological polar surface area (TPSA) is 28.7 Å². The molecule has 0 saturated carbocycles. The van der Waals surface area contributed by atoms with Crippen LogP contribution >= 0.6 is 0 Å². The van der Waals surface area contributed by atoms with Crippen LogP contribution in [0.5, 0.6) is 0 Å². The summed E-state index contributed by atoms with van der Waals surface area (Å²) in [7, 11) is 5.67. The molecule has 3 heteroatoms. The van der Waals surface area contributed by atoms with Crippen LogP contribution in [-0.2, 0) is 0 Å². The van der Waals surface area contributed by atoms with Crippen molar-refractivity contribution in [3.05, 3.63) is 95.5 Å². The van der Waals surface area contributed by atoms with E-state index in [1.54, 1.807) is 12.3 Å². The van der Waals surface area contributed by atoms with Crippen molar-refractivity contribution in [2.24, 2.45) is 0 Å². The van der Waals surface area contributed by atoms with Crippen LogP contribution in [0.1, 0.15) is 62.0 Å². The van der Waals surface area contributed by atoms with Crippen molar-refractivity contribution in [3.8, 4) is 0 Å². The molecule has 132 valence electrons. The normalized spacial score (nSPS) is 10.4. The number of imidazole rings is 1. The summed E-state index contributed by atoms with van der Waals surface area (Å²) in [5.74, 6) is 2.73. The Labute approximate surface area is 158 Å². The average Bonchev–Trinajstić information content (AvgIpc) is 3.15. The molecule has 2 aromatic carbocycles. The molecule has 0 aliphatic rings. The summed E-state index contributed by atoms with van der Waals surface area (Å²) >= 11 is 0. The van der Waals surface area contributed by atoms with E-state index in [4.69, 9.17) is 7.85 Å². The first-order valence-corrected chi connectivity index (χ1v) is 9.10. The zero-order valence-corrected chi connectivity index (χ0v) is 16.1. The molecule has 0 bridgehead atoms. The molecule has 0 unspecified atom stereocenters. The van der Waals surface area contributed by atoms with Gasteiger partial charge in [-0.1, -0.05) is 88.4 Å². The molecule has 1 heterocycles. The highest BCUT2D eigenvalue weighted by Gasteiger charge is 2.11. The van der Waals surface area contributed by atoms with Gasteiger partial charge < -0.3 is 4.98 Å². The second kappa shape index (κ2) is 9.81. The number of aromatic amines is 1. The number of nitrogens with one attached hydrogen (secondary N) is 1. The quantitative estimate of drug-likeness (QED) is 0.588. The molecule has 0 aliphatic carbocycles. The van der Waals surface area contributed by atoms with Gasteiger partial charge in [0.25, 0.3) is 0 Å². The Bertz CT molecular complexity index is 738. The van der Waals surface area contributed by atoms with Gasteiger partial charge in [0.1, 0.15) is 7.85 Å². The van der Waals surface area contributed by atoms with E-state index in [0.29, 0.717) is 11.8 Å². The van der Waals surface area contributed by atoms with E-state index in [0.717, 1.165) is 16.7 Å². The summed E-state index contributed by atoms with van der Waals surface area (Å²) in [6.07, 6.45) is 1.78. The lowest BCUT2D eigenvalue weighted by molar-refractivity contribution is 0.759. The third-order valence-electron chi connectivity index (χ3n) is 4.16. The van der Waals surface area contributed by atoms with Crippen LogP contribution in [0.3, 0.4) is 0 Å². The van der Waals surface area contributed by atoms with Crippen molar-refractivity contribution in [2.45, 2.75) is 39.5 Å². The molecule has 2 nitrogen and oxygen atoms in total. The Morgan fingerprint density at radius 2 is 1.35 bits per heavy atom. The van der Waals surface area contributed by atoms with Crippen molar-refractivity contribution >= 4 is 13.4 Å². The minimum atomic E-state index is 0.527. The summed E-state index contributed by atoms with van der Waals surface area (Å²) < 4.78 is 0. The maximum absolute atomic E-state index is 5.67. The van der Waals surface area contributed by atoms with Crippen molar-refractivity contribution in [1.29, 1.82) is 0 Å². The number of benzene rings is 2. The third-order valence-corrected chi connectivity index (χ3v) is 4.16. The summed E-state index contributed by atoms with van der Waals surface area (Å²) in [6, 6.07) is 20.3. The predicted molar refractivity (Wildman–Crippen MR) is 112 cm³/mol. The van der Waals surface area contributed by atoms with Crippen LogP contribution in [0.2, 0.25) is 0 Å². The number of hydrogen-bond acceptors (Lipinski definition) is 1. The highest BCUT2D eigenvalue weighted by atomic mass is 14.9. The molecule has 0 spiro atoms. The van der Waals surface area contributed by atoms with Crippen molar-refractivity contribution in [3.63, 3.8) is 0 Å². The molecule has 0 atom stereocenters. The third kappa shape index (κ3) is 5.22. The van der Waals surface area contributed by atoms with Gasteiger partial charge in [0.15, 0.2) is 0 Å². The molecule has 1 N–H and O–H groups in total. The maximum Gasteiger partial charge on any atom is 0.103 e. The lowest BCUT2D eigenvalue weighted by atomic mass is 9.92. The largest absolute Gasteiger partial charge is 0.348 e. The fourth-order valence-corrected chi connectivity index (χ4v) is 2.83. The SMILES string of the molecule is CC(C)c1nc[nH]c1C(C)C.[B]C=C(c1ccccc1)c1ccccc1. The second-order valence-corrected chi connectivity index (χ2v) is 6.82. The van der Waals surface area contributed by atoms with Crippen LogP contribution in [0.15, 0.2) is 73.0 Å². The lowest BCUT2D eigenvalue weighted by Crippen LogP contribution is -1.96. The molecule has 0 amide bonds. The van der Waals surface area contributed by atoms with E-state index in [2.05, 4.69) is 61.9 Å². The first-order chi connectivity index (χ1) is 12.5. The molecular weight excluding hydrogens is 315 g/mol. The van der Waals surface area contributed by atoms with Crippen molar-refractivity contribution < 1.29 is 0 Å². The standard InChI is InChI=1S/C14H11B.C9H16N2/c15-11-14(12-7-3-1-4-8-12)13-9-5-2-6-10-13;1-6(2)8-9(7(3)4)11-5-10-8/h1-11H;5-7H,1-4H3,(H,10,11). The Morgan fingerprint density at radius 3 is 1.69 bits per heavy atom. The van der Waals surface area contributed by atoms with Crippen LogP contribution in [0, 0.1) is 0 Å². The van der Waals surface area contributed by atoms with Gasteiger partial charge in [0.2, 0.25) is 0 Å². The second-order valence-electron chi connectivity index (χ2n) is 6.82. The summed E-state index contributed by atoms with van der Waals surface area (Å²) in [6.45, 7) is 8.70. The van der Waals surface area contributed by atoms with E-state index >= 15 is 0 Å². The number of aromatic nitrogens is 2. The van der Waals surface area contributed by atoms with E-state index in [-0.39, 0.29) is 0 Å². The molecule has 3 aromatic rings. The van der Waals surface area contributed by atoms with Gasteiger partial charge in [0.05, 0.1) is 12.0 Å². The molecule has 0 saturated heterocycles. The molecule has 26 heavy (non-hydrogen) atoms. The van der Waals surface area contributed by atoms with Crippen molar-refractivity contribution in [2.75, 3.05) is 0 Å². The summed E-state index contributed by atoms with van der Waals surface area (Å²) in [5, 5.41) is 0. The maximum atomic E-state index is 5.67. The monoisotopic (exact) mass is 342 g/mol. The fraction of sp³-hybridized carbons (Fsp3) is 0.261. The fourth-order valence-electron chi connectivity index (χ4n) is 2.83. The van der Waals surface area contributed by atoms with Crippen molar-refractivity contribution in [1.82, 2.24) is 9.97 Å². The molecular formula is C23H27BN2. The highest BCUT2D eigenvalue weighted by molar-refractivity contribution is 6.21. The number of H-pyrrole nitrogens is 1. The van der Waals surface area contributed by atoms with Gasteiger partial charge in [-0.2, -0.15) is 0 Å². The van der Waals surface area contributed by atoms with Crippen LogP contribution in [-0.4, -0.2) is 17.8 Å². The zero-order valence-electron chi connectivity index (χ0n) is 16.1. The van der Waals surface area contributed by atoms with Gasteiger partial charge in [-0.3, -0.25) is 0 Å². The Kier molecular flexibility index (Phi) is 7.46. The number of hydrogen-bond donors (Lipinski definition) is 1. The smallest absolute Gasteiger partial charge is 0.103 e. The van der Waals surface area contributed by atoms with Gasteiger partial charge >= 0.3 is 0 Å². The molecule has 0 fully saturated rings. The number of nitrogens with zero attached hydrogens (tertiary/aromatic N) is 1. The Hall–Kier alpha value is -2.55. The summed E-state index contributed by atoms with van der Waals surface area (Å²) in [4.78, 5) is 7.46. The number of rotatable bonds is 4. The Morgan fingerprint density at radius 1 is 0.846 bits per heavy atom. The van der Waals surface area contributed by atoms with E-state index in [1.165, 1.54) is 11.4 Å². The minimum absolute atomic E-state index is 0.527. The zero-order chi connectivity index (χ0) is 18.9. The van der Waals surface area contributed by atoms with Gasteiger partial charge in [0, 0.05) is 5.69 Å². The van der Waals surface area contributed by atoms with Crippen LogP contribution < -0.4 is 0 Å². The van der Waals surface area contributed by atoms with Gasteiger partial charge in [-0.05, 0) is 28.5 Å². The van der Waals surface area contributed by atoms with E-state index in [9.17, 15) is 0 Å². The molecule has 1 aromatic heterocycles.